The molecule has 0 fully saturated rings. The van der Waals surface area contributed by atoms with Gasteiger partial charge in [0.1, 0.15) is 11.8 Å². The Bertz CT molecular complexity index is 553. The van der Waals surface area contributed by atoms with Crippen LogP contribution in [0.1, 0.15) is 52.0 Å². The van der Waals surface area contributed by atoms with Crippen LogP contribution in [0.4, 0.5) is 5.69 Å². The van der Waals surface area contributed by atoms with Crippen molar-refractivity contribution in [3.8, 4) is 5.75 Å². The normalized spacial score (nSPS) is 21.0. The average Bonchev–Trinajstić information content (AvgIpc) is 2.49. The van der Waals surface area contributed by atoms with Crippen molar-refractivity contribution in [1.82, 2.24) is 0 Å². The summed E-state index contributed by atoms with van der Waals surface area (Å²) in [6.07, 6.45) is 1.68. The molecule has 0 spiro atoms. The van der Waals surface area contributed by atoms with Gasteiger partial charge in [-0.15, -0.1) is 0 Å². The lowest BCUT2D eigenvalue weighted by Crippen LogP contribution is -2.56. The van der Waals surface area contributed by atoms with Crippen molar-refractivity contribution >= 4 is 11.7 Å². The van der Waals surface area contributed by atoms with Crippen molar-refractivity contribution in [2.24, 2.45) is 0 Å². The van der Waals surface area contributed by atoms with E-state index in [-0.39, 0.29) is 17.6 Å². The fraction of sp³-hybridized carbons (Fsp3) is 0.611. The zero-order chi connectivity index (χ0) is 16.5. The summed E-state index contributed by atoms with van der Waals surface area (Å²) in [4.78, 5) is 14.5. The van der Waals surface area contributed by atoms with Gasteiger partial charge in [-0.1, -0.05) is 26.0 Å². The minimum Gasteiger partial charge on any atom is -0.495 e. The van der Waals surface area contributed by atoms with Gasteiger partial charge in [-0.3, -0.25) is 0 Å². The maximum absolute atomic E-state index is 12.3. The number of esters is 1. The third kappa shape index (κ3) is 2.67. The van der Waals surface area contributed by atoms with Crippen molar-refractivity contribution in [2.45, 2.75) is 58.0 Å². The summed E-state index contributed by atoms with van der Waals surface area (Å²) in [5.74, 6) is 1.05. The van der Waals surface area contributed by atoms with Gasteiger partial charge in [0.25, 0.3) is 0 Å². The molecular weight excluding hydrogens is 278 g/mol. The number of methoxy groups -OCH3 is 2. The van der Waals surface area contributed by atoms with E-state index in [0.717, 1.165) is 17.9 Å². The first-order chi connectivity index (χ1) is 10.4. The molecule has 2 rings (SSSR count). The maximum atomic E-state index is 12.3. The fourth-order valence-corrected chi connectivity index (χ4v) is 3.79. The molecule has 1 aliphatic heterocycles. The molecule has 0 saturated carbocycles. The van der Waals surface area contributed by atoms with Gasteiger partial charge >= 0.3 is 5.97 Å². The number of para-hydroxylation sites is 1. The number of fused-ring (bicyclic) bond motifs is 1. The Hall–Kier alpha value is -1.71. The van der Waals surface area contributed by atoms with Crippen LogP contribution in [0.25, 0.3) is 0 Å². The second-order valence-electron chi connectivity index (χ2n) is 6.63. The molecule has 0 aromatic heterocycles. The first-order valence-corrected chi connectivity index (χ1v) is 7.91. The molecule has 22 heavy (non-hydrogen) atoms. The number of nitrogens with zero attached hydrogens (tertiary/aromatic N) is 1. The van der Waals surface area contributed by atoms with Gasteiger partial charge in [-0.05, 0) is 44.2 Å². The van der Waals surface area contributed by atoms with Gasteiger partial charge < -0.3 is 14.4 Å². The summed E-state index contributed by atoms with van der Waals surface area (Å²) in [5, 5.41) is 0. The van der Waals surface area contributed by atoms with Gasteiger partial charge in [0.05, 0.1) is 19.9 Å². The highest BCUT2D eigenvalue weighted by atomic mass is 16.5. The molecule has 4 heteroatoms. The molecule has 0 aliphatic carbocycles. The molecule has 0 radical (unpaired) electrons. The summed E-state index contributed by atoms with van der Waals surface area (Å²) < 4.78 is 10.6. The third-order valence-electron chi connectivity index (χ3n) is 4.65. The predicted molar refractivity (Wildman–Crippen MR) is 88.7 cm³/mol. The smallest absolute Gasteiger partial charge is 0.328 e. The molecule has 1 aromatic rings. The average molecular weight is 305 g/mol. The van der Waals surface area contributed by atoms with Crippen molar-refractivity contribution in [2.75, 3.05) is 19.1 Å². The molecular formula is C18H27NO3. The maximum Gasteiger partial charge on any atom is 0.328 e. The quantitative estimate of drug-likeness (QED) is 0.794. The van der Waals surface area contributed by atoms with Crippen LogP contribution in [0, 0.1) is 0 Å². The van der Waals surface area contributed by atoms with Crippen molar-refractivity contribution in [3.63, 3.8) is 0 Å². The van der Waals surface area contributed by atoms with E-state index in [1.807, 2.05) is 19.1 Å². The van der Waals surface area contributed by atoms with Crippen LogP contribution in [0.3, 0.4) is 0 Å². The topological polar surface area (TPSA) is 38.8 Å². The number of carbonyl (C=O) groups excluding carboxylic acids is 1. The van der Waals surface area contributed by atoms with E-state index in [4.69, 9.17) is 9.47 Å². The standard InChI is InChI=1S/C18H27NO3/c1-7-14(17(20)22-6)19-16-13(9-8-10-15(16)21-5)12(2)11-18(19,3)4/h8-10,12,14H,7,11H2,1-6H3/t12-,14-/m1/s1. The van der Waals surface area contributed by atoms with Crippen LogP contribution < -0.4 is 9.64 Å². The monoisotopic (exact) mass is 305 g/mol. The minimum atomic E-state index is -0.303. The SMILES string of the molecule is CC[C@H](C(=O)OC)N1c2c(OC)cccc2[C@H](C)CC1(C)C. The highest BCUT2D eigenvalue weighted by Gasteiger charge is 2.43. The van der Waals surface area contributed by atoms with Crippen LogP contribution in [0.15, 0.2) is 18.2 Å². The molecule has 0 bridgehead atoms. The molecule has 1 heterocycles. The van der Waals surface area contributed by atoms with Crippen molar-refractivity contribution < 1.29 is 14.3 Å². The molecule has 1 aromatic carbocycles. The second-order valence-corrected chi connectivity index (χ2v) is 6.63. The third-order valence-corrected chi connectivity index (χ3v) is 4.65. The van der Waals surface area contributed by atoms with Crippen LogP contribution in [-0.2, 0) is 9.53 Å². The van der Waals surface area contributed by atoms with E-state index < -0.39 is 0 Å². The van der Waals surface area contributed by atoms with Crippen molar-refractivity contribution in [3.05, 3.63) is 23.8 Å². The summed E-state index contributed by atoms with van der Waals surface area (Å²) >= 11 is 0. The Morgan fingerprint density at radius 3 is 2.64 bits per heavy atom. The van der Waals surface area contributed by atoms with E-state index in [9.17, 15) is 4.79 Å². The molecule has 0 saturated heterocycles. The second kappa shape index (κ2) is 6.19. The van der Waals surface area contributed by atoms with Gasteiger partial charge in [-0.25, -0.2) is 4.79 Å². The number of benzene rings is 1. The van der Waals surface area contributed by atoms with Gasteiger partial charge in [-0.2, -0.15) is 0 Å². The molecule has 2 atom stereocenters. The molecule has 0 amide bonds. The number of hydrogen-bond donors (Lipinski definition) is 0. The zero-order valence-electron chi connectivity index (χ0n) is 14.5. The largest absolute Gasteiger partial charge is 0.495 e. The van der Waals surface area contributed by atoms with Crippen molar-refractivity contribution in [1.29, 1.82) is 0 Å². The van der Waals surface area contributed by atoms with Crippen LogP contribution >= 0.6 is 0 Å². The molecule has 1 aliphatic rings. The van der Waals surface area contributed by atoms with Gasteiger partial charge in [0, 0.05) is 5.54 Å². The summed E-state index contributed by atoms with van der Waals surface area (Å²) in [6.45, 7) is 8.62. The number of rotatable bonds is 4. The van der Waals surface area contributed by atoms with Crippen LogP contribution in [-0.4, -0.2) is 31.8 Å². The molecule has 0 unspecified atom stereocenters. The van der Waals surface area contributed by atoms with E-state index >= 15 is 0 Å². The Kier molecular flexibility index (Phi) is 4.69. The van der Waals surface area contributed by atoms with E-state index in [0.29, 0.717) is 12.3 Å². The molecule has 122 valence electrons. The lowest BCUT2D eigenvalue weighted by molar-refractivity contribution is -0.142. The minimum absolute atomic E-state index is 0.143. The predicted octanol–water partition coefficient (Wildman–Crippen LogP) is 3.74. The number of anilines is 1. The van der Waals surface area contributed by atoms with Gasteiger partial charge in [0.2, 0.25) is 0 Å². The van der Waals surface area contributed by atoms with Crippen LogP contribution in [0.2, 0.25) is 0 Å². The first-order valence-electron chi connectivity index (χ1n) is 7.91. The number of hydrogen-bond acceptors (Lipinski definition) is 4. The van der Waals surface area contributed by atoms with E-state index in [1.165, 1.54) is 12.7 Å². The lowest BCUT2D eigenvalue weighted by Gasteiger charge is -2.50. The highest BCUT2D eigenvalue weighted by Crippen LogP contribution is 2.49. The Morgan fingerprint density at radius 2 is 2.09 bits per heavy atom. The van der Waals surface area contributed by atoms with E-state index in [2.05, 4.69) is 31.7 Å². The molecule has 0 N–H and O–H groups in total. The summed E-state index contributed by atoms with van der Waals surface area (Å²) in [7, 11) is 3.13. The van der Waals surface area contributed by atoms with Gasteiger partial charge in [0.15, 0.2) is 0 Å². The lowest BCUT2D eigenvalue weighted by atomic mass is 9.78. The van der Waals surface area contributed by atoms with Crippen LogP contribution in [0.5, 0.6) is 5.75 Å². The number of carbonyl (C=O) groups is 1. The summed E-state index contributed by atoms with van der Waals surface area (Å²) in [6, 6.07) is 5.81. The fourth-order valence-electron chi connectivity index (χ4n) is 3.79. The highest BCUT2D eigenvalue weighted by molar-refractivity contribution is 5.83. The summed E-state index contributed by atoms with van der Waals surface area (Å²) in [5.41, 5.74) is 2.13. The number of ether oxygens (including phenoxy) is 2. The zero-order valence-corrected chi connectivity index (χ0v) is 14.5. The van der Waals surface area contributed by atoms with E-state index in [1.54, 1.807) is 7.11 Å². The first kappa shape index (κ1) is 16.7. The molecule has 4 nitrogen and oxygen atoms in total. The Labute approximate surface area is 133 Å². The Morgan fingerprint density at radius 1 is 1.41 bits per heavy atom. The Balaban J connectivity index is 2.65.